The summed E-state index contributed by atoms with van der Waals surface area (Å²) < 4.78 is 12.8. The number of benzene rings is 1. The molecule has 18 heavy (non-hydrogen) atoms. The molecule has 0 aliphatic heterocycles. The Hall–Kier alpha value is -2.21. The lowest BCUT2D eigenvalue weighted by Crippen LogP contribution is -2.13. The lowest BCUT2D eigenvalue weighted by atomic mass is 10.2. The molecular weight excluding hydrogens is 233 g/mol. The van der Waals surface area contributed by atoms with Crippen molar-refractivity contribution in [1.82, 2.24) is 9.97 Å². The Balaban J connectivity index is 2.31. The van der Waals surface area contributed by atoms with Crippen molar-refractivity contribution in [2.24, 2.45) is 5.84 Å². The first-order valence-electron chi connectivity index (χ1n) is 5.57. The maximum Gasteiger partial charge on any atom is 0.148 e. The third-order valence-corrected chi connectivity index (χ3v) is 2.54. The van der Waals surface area contributed by atoms with Gasteiger partial charge in [0.1, 0.15) is 23.8 Å². The summed E-state index contributed by atoms with van der Waals surface area (Å²) in [6, 6.07) is 6.06. The molecule has 1 aromatic heterocycles. The Bertz CT molecular complexity index is 526. The van der Waals surface area contributed by atoms with E-state index in [0.29, 0.717) is 11.6 Å². The highest BCUT2D eigenvalue weighted by molar-refractivity contribution is 5.64. The van der Waals surface area contributed by atoms with Gasteiger partial charge in [-0.1, -0.05) is 6.92 Å². The van der Waals surface area contributed by atoms with Gasteiger partial charge in [0, 0.05) is 11.3 Å². The highest BCUT2D eigenvalue weighted by Crippen LogP contribution is 2.23. The van der Waals surface area contributed by atoms with Crippen LogP contribution < -0.4 is 16.6 Å². The highest BCUT2D eigenvalue weighted by Gasteiger charge is 2.08. The number of aromatic nitrogens is 2. The van der Waals surface area contributed by atoms with Crippen LogP contribution in [0.15, 0.2) is 30.6 Å². The third kappa shape index (κ3) is 2.54. The zero-order valence-electron chi connectivity index (χ0n) is 9.94. The second kappa shape index (κ2) is 5.42. The zero-order valence-corrected chi connectivity index (χ0v) is 9.94. The molecule has 1 heterocycles. The first-order chi connectivity index (χ1) is 8.74. The first-order valence-corrected chi connectivity index (χ1v) is 5.57. The van der Waals surface area contributed by atoms with Crippen molar-refractivity contribution in [1.29, 1.82) is 0 Å². The van der Waals surface area contributed by atoms with Crippen LogP contribution in [0.2, 0.25) is 0 Å². The summed E-state index contributed by atoms with van der Waals surface area (Å²) in [5, 5.41) is 3.11. The maximum atomic E-state index is 12.8. The molecule has 0 atom stereocenters. The van der Waals surface area contributed by atoms with Crippen LogP contribution in [-0.4, -0.2) is 9.97 Å². The Labute approximate surface area is 104 Å². The van der Waals surface area contributed by atoms with Crippen LogP contribution in [0.25, 0.3) is 0 Å². The van der Waals surface area contributed by atoms with Gasteiger partial charge >= 0.3 is 0 Å². The van der Waals surface area contributed by atoms with Gasteiger partial charge in [0.05, 0.1) is 0 Å². The van der Waals surface area contributed by atoms with Gasteiger partial charge in [0.15, 0.2) is 0 Å². The van der Waals surface area contributed by atoms with Crippen LogP contribution in [-0.2, 0) is 6.42 Å². The average molecular weight is 247 g/mol. The van der Waals surface area contributed by atoms with E-state index < -0.39 is 0 Å². The molecule has 0 radical (unpaired) electrons. The summed E-state index contributed by atoms with van der Waals surface area (Å²) in [6.07, 6.45) is 2.14. The van der Waals surface area contributed by atoms with Crippen molar-refractivity contribution in [2.45, 2.75) is 13.3 Å². The monoisotopic (exact) mass is 247 g/mol. The molecule has 0 aliphatic rings. The van der Waals surface area contributed by atoms with Crippen LogP contribution in [0.1, 0.15) is 12.5 Å². The first kappa shape index (κ1) is 12.3. The fourth-order valence-corrected chi connectivity index (χ4v) is 1.65. The van der Waals surface area contributed by atoms with Crippen molar-refractivity contribution in [3.05, 3.63) is 42.0 Å². The van der Waals surface area contributed by atoms with E-state index in [-0.39, 0.29) is 5.82 Å². The van der Waals surface area contributed by atoms with Crippen LogP contribution in [0.3, 0.4) is 0 Å². The Kier molecular flexibility index (Phi) is 3.69. The predicted octanol–water partition coefficient (Wildman–Crippen LogP) is 2.21. The molecule has 1 aromatic carbocycles. The molecule has 0 saturated carbocycles. The SMILES string of the molecule is CCc1c(NN)ncnc1Nc1ccc(F)cc1. The van der Waals surface area contributed by atoms with Gasteiger partial charge in [-0.25, -0.2) is 20.2 Å². The molecule has 0 aliphatic carbocycles. The smallest absolute Gasteiger partial charge is 0.148 e. The normalized spacial score (nSPS) is 10.2. The maximum absolute atomic E-state index is 12.8. The third-order valence-electron chi connectivity index (χ3n) is 2.54. The van der Waals surface area contributed by atoms with Gasteiger partial charge in [-0.15, -0.1) is 0 Å². The standard InChI is InChI=1S/C12H14FN5/c1-2-10-11(15-7-16-12(10)18-14)17-9-5-3-8(13)4-6-9/h3-7H,2,14H2,1H3,(H2,15,16,17,18). The molecule has 2 rings (SSSR count). The van der Waals surface area contributed by atoms with Crippen molar-refractivity contribution in [3.8, 4) is 0 Å². The molecule has 0 unspecified atom stereocenters. The summed E-state index contributed by atoms with van der Waals surface area (Å²) in [4.78, 5) is 8.20. The fraction of sp³-hybridized carbons (Fsp3) is 0.167. The van der Waals surface area contributed by atoms with E-state index in [1.165, 1.54) is 18.5 Å². The lowest BCUT2D eigenvalue weighted by Gasteiger charge is -2.12. The molecule has 0 bridgehead atoms. The molecule has 0 saturated heterocycles. The van der Waals surface area contributed by atoms with E-state index in [0.717, 1.165) is 17.7 Å². The van der Waals surface area contributed by atoms with Gasteiger partial charge in [0.2, 0.25) is 0 Å². The van der Waals surface area contributed by atoms with Crippen LogP contribution >= 0.6 is 0 Å². The summed E-state index contributed by atoms with van der Waals surface area (Å²) in [7, 11) is 0. The lowest BCUT2D eigenvalue weighted by molar-refractivity contribution is 0.628. The fourth-order valence-electron chi connectivity index (χ4n) is 1.65. The summed E-state index contributed by atoms with van der Waals surface area (Å²) in [6.45, 7) is 1.98. The molecule has 94 valence electrons. The van der Waals surface area contributed by atoms with Crippen molar-refractivity contribution >= 4 is 17.3 Å². The van der Waals surface area contributed by atoms with E-state index >= 15 is 0 Å². The quantitative estimate of drug-likeness (QED) is 0.570. The Morgan fingerprint density at radius 2 is 1.83 bits per heavy atom. The zero-order chi connectivity index (χ0) is 13.0. The summed E-state index contributed by atoms with van der Waals surface area (Å²) in [5.41, 5.74) is 4.17. The number of hydrazine groups is 1. The van der Waals surface area contributed by atoms with Crippen molar-refractivity contribution < 1.29 is 4.39 Å². The minimum Gasteiger partial charge on any atom is -0.340 e. The second-order valence-electron chi connectivity index (χ2n) is 3.68. The van der Waals surface area contributed by atoms with Crippen LogP contribution in [0.4, 0.5) is 21.7 Å². The topological polar surface area (TPSA) is 75.9 Å². The summed E-state index contributed by atoms with van der Waals surface area (Å²) in [5.74, 6) is 6.36. The Morgan fingerprint density at radius 1 is 1.17 bits per heavy atom. The van der Waals surface area contributed by atoms with Crippen molar-refractivity contribution in [2.75, 3.05) is 10.7 Å². The minimum atomic E-state index is -0.275. The molecule has 2 aromatic rings. The van der Waals surface area contributed by atoms with E-state index in [4.69, 9.17) is 5.84 Å². The number of nitrogens with two attached hydrogens (primary N) is 1. The number of nitrogens with zero attached hydrogens (tertiary/aromatic N) is 2. The van der Waals surface area contributed by atoms with Gasteiger partial charge in [-0.2, -0.15) is 0 Å². The van der Waals surface area contributed by atoms with Crippen LogP contribution in [0, 0.1) is 5.82 Å². The molecule has 0 fully saturated rings. The number of nitrogens with one attached hydrogen (secondary N) is 2. The van der Waals surface area contributed by atoms with Gasteiger partial charge in [-0.3, -0.25) is 0 Å². The second-order valence-corrected chi connectivity index (χ2v) is 3.68. The number of hydrogen-bond acceptors (Lipinski definition) is 5. The molecular formula is C12H14FN5. The number of anilines is 3. The molecule has 0 amide bonds. The Morgan fingerprint density at radius 3 is 2.44 bits per heavy atom. The van der Waals surface area contributed by atoms with Gasteiger partial charge in [-0.05, 0) is 30.7 Å². The number of rotatable bonds is 4. The number of halogens is 1. The predicted molar refractivity (Wildman–Crippen MR) is 68.9 cm³/mol. The molecule has 0 spiro atoms. The van der Waals surface area contributed by atoms with E-state index in [1.807, 2.05) is 6.92 Å². The average Bonchev–Trinajstić information content (AvgIpc) is 2.41. The molecule has 6 heteroatoms. The molecule has 5 nitrogen and oxygen atoms in total. The van der Waals surface area contributed by atoms with Crippen molar-refractivity contribution in [3.63, 3.8) is 0 Å². The van der Waals surface area contributed by atoms with Gasteiger partial charge in [0.25, 0.3) is 0 Å². The molecule has 4 N–H and O–H groups in total. The van der Waals surface area contributed by atoms with E-state index in [1.54, 1.807) is 12.1 Å². The summed E-state index contributed by atoms with van der Waals surface area (Å²) >= 11 is 0. The van der Waals surface area contributed by atoms with E-state index in [9.17, 15) is 4.39 Å². The number of hydrogen-bond donors (Lipinski definition) is 3. The largest absolute Gasteiger partial charge is 0.340 e. The van der Waals surface area contributed by atoms with Crippen LogP contribution in [0.5, 0.6) is 0 Å². The number of nitrogen functional groups attached to an aromatic ring is 1. The minimum absolute atomic E-state index is 0.275. The highest BCUT2D eigenvalue weighted by atomic mass is 19.1. The van der Waals surface area contributed by atoms with E-state index in [2.05, 4.69) is 20.7 Å². The van der Waals surface area contributed by atoms with Gasteiger partial charge < -0.3 is 10.7 Å².